The van der Waals surface area contributed by atoms with Crippen LogP contribution in [-0.2, 0) is 27.2 Å². The number of hydrogen-bond donors (Lipinski definition) is 0. The number of hydrogen-bond acceptors (Lipinski definition) is 7. The molecule has 3 aromatic carbocycles. The van der Waals surface area contributed by atoms with E-state index in [4.69, 9.17) is 4.74 Å². The molecule has 0 N–H and O–H groups in total. The standard InChI is InChI=1S/C34H30F4N4O5S/c1-3-47-25-14-12-24(13-15-25)42-32(40-31-27(33(42)44)10-7-17-39-31)22(2)41(18-19-48(45,46)26-8-5-4-6-9-26)30(43)21-23-11-16-29(35)28(20-23)34(36,37)38/h4-17,20,22H,3,18-19,21H2,1-2H3/t22-/m1/s1. The normalized spacial score (nSPS) is 12.5. The summed E-state index contributed by atoms with van der Waals surface area (Å²) in [6, 6.07) is 18.3. The Morgan fingerprint density at radius 3 is 2.38 bits per heavy atom. The van der Waals surface area contributed by atoms with E-state index in [1.165, 1.54) is 29.8 Å². The Morgan fingerprint density at radius 2 is 1.71 bits per heavy atom. The summed E-state index contributed by atoms with van der Waals surface area (Å²) in [5.41, 5.74) is -1.76. The summed E-state index contributed by atoms with van der Waals surface area (Å²) in [5.74, 6) is -2.26. The van der Waals surface area contributed by atoms with Gasteiger partial charge in [-0.1, -0.05) is 24.3 Å². The third kappa shape index (κ3) is 7.38. The van der Waals surface area contributed by atoms with Gasteiger partial charge < -0.3 is 9.64 Å². The van der Waals surface area contributed by atoms with E-state index >= 15 is 0 Å². The molecule has 5 aromatic rings. The molecule has 0 saturated carbocycles. The van der Waals surface area contributed by atoms with E-state index in [2.05, 4.69) is 9.97 Å². The van der Waals surface area contributed by atoms with Crippen molar-refractivity contribution in [2.45, 2.75) is 37.4 Å². The van der Waals surface area contributed by atoms with Gasteiger partial charge in [0.15, 0.2) is 15.5 Å². The maximum Gasteiger partial charge on any atom is 0.419 e. The molecule has 2 aromatic heterocycles. The Bertz CT molecular complexity index is 2110. The molecule has 48 heavy (non-hydrogen) atoms. The van der Waals surface area contributed by atoms with Crippen molar-refractivity contribution in [3.8, 4) is 11.4 Å². The molecule has 1 atom stereocenters. The molecule has 0 aliphatic carbocycles. The summed E-state index contributed by atoms with van der Waals surface area (Å²) in [4.78, 5) is 37.9. The summed E-state index contributed by atoms with van der Waals surface area (Å²) in [5, 5.41) is 0.179. The molecular formula is C34H30F4N4O5S. The van der Waals surface area contributed by atoms with Crippen molar-refractivity contribution in [3.05, 3.63) is 124 Å². The highest BCUT2D eigenvalue weighted by Gasteiger charge is 2.35. The van der Waals surface area contributed by atoms with Gasteiger partial charge >= 0.3 is 6.18 Å². The van der Waals surface area contributed by atoms with Crippen LogP contribution >= 0.6 is 0 Å². The van der Waals surface area contributed by atoms with Gasteiger partial charge in [0.2, 0.25) is 5.91 Å². The van der Waals surface area contributed by atoms with Crippen LogP contribution in [0.4, 0.5) is 17.6 Å². The van der Waals surface area contributed by atoms with Gasteiger partial charge in [0, 0.05) is 12.7 Å². The number of nitrogens with zero attached hydrogens (tertiary/aromatic N) is 4. The third-order valence-electron chi connectivity index (χ3n) is 7.63. The molecule has 0 aliphatic rings. The Morgan fingerprint density at radius 1 is 1.00 bits per heavy atom. The van der Waals surface area contributed by atoms with Crippen molar-refractivity contribution in [2.75, 3.05) is 18.9 Å². The maximum absolute atomic E-state index is 14.0. The highest BCUT2D eigenvalue weighted by atomic mass is 32.2. The molecule has 0 fully saturated rings. The van der Waals surface area contributed by atoms with Crippen molar-refractivity contribution < 1.29 is 35.5 Å². The van der Waals surface area contributed by atoms with E-state index in [1.54, 1.807) is 54.6 Å². The maximum atomic E-state index is 14.0. The number of pyridine rings is 1. The number of carbonyl (C=O) groups is 1. The van der Waals surface area contributed by atoms with Crippen LogP contribution in [-0.4, -0.2) is 52.7 Å². The Hall–Kier alpha value is -5.11. The first-order chi connectivity index (χ1) is 22.8. The minimum absolute atomic E-state index is 0.0118. The van der Waals surface area contributed by atoms with E-state index in [9.17, 15) is 35.6 Å². The molecule has 2 heterocycles. The van der Waals surface area contributed by atoms with Gasteiger partial charge in [-0.3, -0.25) is 14.2 Å². The Labute approximate surface area is 273 Å². The van der Waals surface area contributed by atoms with Crippen molar-refractivity contribution in [1.82, 2.24) is 19.4 Å². The monoisotopic (exact) mass is 682 g/mol. The third-order valence-corrected chi connectivity index (χ3v) is 9.34. The lowest BCUT2D eigenvalue weighted by Gasteiger charge is -2.30. The molecular weight excluding hydrogens is 652 g/mol. The molecule has 250 valence electrons. The average molecular weight is 683 g/mol. The zero-order chi connectivity index (χ0) is 34.6. The van der Waals surface area contributed by atoms with Crippen LogP contribution in [0.25, 0.3) is 16.7 Å². The van der Waals surface area contributed by atoms with Crippen LogP contribution in [0.3, 0.4) is 0 Å². The molecule has 0 radical (unpaired) electrons. The largest absolute Gasteiger partial charge is 0.494 e. The number of benzene rings is 3. The quantitative estimate of drug-likeness (QED) is 0.159. The predicted octanol–water partition coefficient (Wildman–Crippen LogP) is 5.94. The minimum Gasteiger partial charge on any atom is -0.494 e. The van der Waals surface area contributed by atoms with Crippen molar-refractivity contribution in [2.24, 2.45) is 0 Å². The molecule has 0 bridgehead atoms. The molecule has 9 nitrogen and oxygen atoms in total. The highest BCUT2D eigenvalue weighted by Crippen LogP contribution is 2.32. The summed E-state index contributed by atoms with van der Waals surface area (Å²) in [6.07, 6.45) is -4.19. The van der Waals surface area contributed by atoms with Crippen molar-refractivity contribution >= 4 is 26.8 Å². The molecule has 14 heteroatoms. The molecule has 5 rings (SSSR count). The SMILES string of the molecule is CCOc1ccc(-n2c([C@@H](C)N(CCS(=O)(=O)c3ccccc3)C(=O)Cc3ccc(F)c(C(F)(F)F)c3)nc3ncccc3c2=O)cc1. The lowest BCUT2D eigenvalue weighted by atomic mass is 10.1. The molecule has 0 spiro atoms. The molecule has 1 amide bonds. The topological polar surface area (TPSA) is 111 Å². The van der Waals surface area contributed by atoms with Crippen molar-refractivity contribution in [3.63, 3.8) is 0 Å². The zero-order valence-corrected chi connectivity index (χ0v) is 26.6. The van der Waals surface area contributed by atoms with Crippen LogP contribution in [0.1, 0.15) is 36.8 Å². The van der Waals surface area contributed by atoms with Crippen LogP contribution in [0, 0.1) is 5.82 Å². The summed E-state index contributed by atoms with van der Waals surface area (Å²) in [6.45, 7) is 3.34. The Kier molecular flexibility index (Phi) is 9.94. The van der Waals surface area contributed by atoms with Crippen molar-refractivity contribution in [1.29, 1.82) is 0 Å². The van der Waals surface area contributed by atoms with Gasteiger partial charge in [0.05, 0.1) is 46.4 Å². The van der Waals surface area contributed by atoms with E-state index in [-0.39, 0.29) is 27.3 Å². The van der Waals surface area contributed by atoms with E-state index in [1.807, 2.05) is 6.92 Å². The van der Waals surface area contributed by atoms with Gasteiger partial charge in [-0.05, 0) is 80.1 Å². The fourth-order valence-corrected chi connectivity index (χ4v) is 6.48. The lowest BCUT2D eigenvalue weighted by molar-refractivity contribution is -0.140. The fourth-order valence-electron chi connectivity index (χ4n) is 5.24. The highest BCUT2D eigenvalue weighted by molar-refractivity contribution is 7.91. The smallest absolute Gasteiger partial charge is 0.419 e. The minimum atomic E-state index is -5.00. The number of rotatable bonds is 11. The second kappa shape index (κ2) is 13.9. The number of halogens is 4. The van der Waals surface area contributed by atoms with Crippen LogP contribution in [0.2, 0.25) is 0 Å². The van der Waals surface area contributed by atoms with Gasteiger partial charge in [0.25, 0.3) is 5.56 Å². The van der Waals surface area contributed by atoms with Crippen LogP contribution in [0.15, 0.2) is 101 Å². The predicted molar refractivity (Wildman–Crippen MR) is 170 cm³/mol. The lowest BCUT2D eigenvalue weighted by Crippen LogP contribution is -2.41. The number of alkyl halides is 3. The van der Waals surface area contributed by atoms with Gasteiger partial charge in [-0.2, -0.15) is 13.2 Å². The first-order valence-electron chi connectivity index (χ1n) is 14.8. The first kappa shape index (κ1) is 34.2. The van der Waals surface area contributed by atoms with Gasteiger partial charge in [0.1, 0.15) is 17.4 Å². The summed E-state index contributed by atoms with van der Waals surface area (Å²) < 4.78 is 87.8. The number of carbonyl (C=O) groups excluding carboxylic acids is 1. The number of fused-ring (bicyclic) bond motifs is 1. The van der Waals surface area contributed by atoms with E-state index < -0.39 is 63.6 Å². The van der Waals surface area contributed by atoms with Gasteiger partial charge in [-0.15, -0.1) is 0 Å². The van der Waals surface area contributed by atoms with E-state index in [0.29, 0.717) is 30.2 Å². The number of aromatic nitrogens is 3. The summed E-state index contributed by atoms with van der Waals surface area (Å²) in [7, 11) is -3.93. The second-order valence-corrected chi connectivity index (χ2v) is 12.9. The summed E-state index contributed by atoms with van der Waals surface area (Å²) >= 11 is 0. The van der Waals surface area contributed by atoms with Crippen LogP contribution < -0.4 is 10.3 Å². The second-order valence-electron chi connectivity index (χ2n) is 10.8. The first-order valence-corrected chi connectivity index (χ1v) is 16.5. The zero-order valence-electron chi connectivity index (χ0n) is 25.8. The molecule has 0 aliphatic heterocycles. The van der Waals surface area contributed by atoms with Gasteiger partial charge in [-0.25, -0.2) is 22.8 Å². The van der Waals surface area contributed by atoms with E-state index in [0.717, 1.165) is 11.0 Å². The van der Waals surface area contributed by atoms with Crippen LogP contribution in [0.5, 0.6) is 5.75 Å². The number of ether oxygens (including phenoxy) is 1. The number of amides is 1. The molecule has 0 unspecified atom stereocenters. The molecule has 0 saturated heterocycles. The Balaban J connectivity index is 1.61. The average Bonchev–Trinajstić information content (AvgIpc) is 3.06. The fraction of sp³-hybridized carbons (Fsp3) is 0.235. The number of sulfone groups is 1.